The quantitative estimate of drug-likeness (QED) is 0.646. The van der Waals surface area contributed by atoms with E-state index in [1.165, 1.54) is 6.42 Å². The van der Waals surface area contributed by atoms with Crippen molar-refractivity contribution in [2.24, 2.45) is 11.8 Å². The number of hydrogen-bond donors (Lipinski definition) is 1. The minimum absolute atomic E-state index is 0. The molecular weight excluding hydrogens is 364 g/mol. The van der Waals surface area contributed by atoms with Crippen molar-refractivity contribution in [3.05, 3.63) is 48.7 Å². The molecule has 0 saturated carbocycles. The number of aromatic nitrogens is 1. The van der Waals surface area contributed by atoms with Crippen molar-refractivity contribution >= 4 is 10.9 Å². The normalized spacial score (nSPS) is 29.0. The fraction of sp³-hybridized carbons (Fsp3) is 0.450. The fourth-order valence-electron chi connectivity index (χ4n) is 4.44. The van der Waals surface area contributed by atoms with Gasteiger partial charge in [-0.1, -0.05) is 6.08 Å². The average molecular weight is 388 g/mol. The number of benzene rings is 1. The predicted molar refractivity (Wildman–Crippen MR) is 95.0 cm³/mol. The second-order valence-corrected chi connectivity index (χ2v) is 6.97. The molecule has 137 valence electrons. The maximum Gasteiger partial charge on any atom is 0.119 e. The van der Waals surface area contributed by atoms with Crippen LogP contribution in [0.25, 0.3) is 10.9 Å². The van der Waals surface area contributed by atoms with Crippen LogP contribution in [0.3, 0.4) is 0 Å². The van der Waals surface area contributed by atoms with Crippen LogP contribution >= 0.6 is 0 Å². The van der Waals surface area contributed by atoms with Crippen molar-refractivity contribution in [1.29, 1.82) is 0 Å². The Labute approximate surface area is 159 Å². The van der Waals surface area contributed by atoms with Gasteiger partial charge in [0.1, 0.15) is 5.75 Å². The van der Waals surface area contributed by atoms with E-state index in [-0.39, 0.29) is 23.1 Å². The van der Waals surface area contributed by atoms with E-state index >= 15 is 0 Å². The monoisotopic (exact) mass is 387 g/mol. The summed E-state index contributed by atoms with van der Waals surface area (Å²) in [6.45, 7) is 6.07. The van der Waals surface area contributed by atoms with Crippen molar-refractivity contribution in [3.8, 4) is 5.75 Å². The molecule has 4 heterocycles. The third-order valence-electron chi connectivity index (χ3n) is 5.82. The number of nitrogens with zero attached hydrogens (tertiary/aromatic N) is 2. The second kappa shape index (κ2) is 7.46. The number of hydrogen-bond acceptors (Lipinski definition) is 4. The Balaban J connectivity index is 0.00000182. The summed E-state index contributed by atoms with van der Waals surface area (Å²) in [6.07, 6.45) is 5.62. The number of pyridine rings is 1. The second-order valence-electron chi connectivity index (χ2n) is 6.97. The van der Waals surface area contributed by atoms with Gasteiger partial charge in [-0.2, -0.15) is 0 Å². The summed E-state index contributed by atoms with van der Waals surface area (Å²) < 4.78 is 5.35. The minimum Gasteiger partial charge on any atom is -0.497 e. The molecule has 3 aliphatic heterocycles. The van der Waals surface area contributed by atoms with Gasteiger partial charge < -0.3 is 9.84 Å². The largest absolute Gasteiger partial charge is 0.497 e. The average Bonchev–Trinajstić information content (AvgIpc) is 2.66. The zero-order valence-electron chi connectivity index (χ0n) is 14.4. The van der Waals surface area contributed by atoms with Crippen molar-refractivity contribution in [2.45, 2.75) is 25.0 Å². The molecule has 3 fully saturated rings. The van der Waals surface area contributed by atoms with Crippen LogP contribution in [0.2, 0.25) is 0 Å². The maximum atomic E-state index is 11.2. The van der Waals surface area contributed by atoms with E-state index in [1.807, 2.05) is 24.3 Å². The topological polar surface area (TPSA) is 45.6 Å². The number of rotatable bonds is 4. The first-order chi connectivity index (χ1) is 11.7. The summed E-state index contributed by atoms with van der Waals surface area (Å²) in [5, 5.41) is 12.1. The molecule has 4 nitrogen and oxygen atoms in total. The molecule has 2 bridgehead atoms. The molecule has 5 rings (SSSR count). The molecule has 5 heteroatoms. The van der Waals surface area contributed by atoms with E-state index in [2.05, 4.69) is 22.5 Å². The Morgan fingerprint density at radius 3 is 2.92 bits per heavy atom. The molecule has 3 aliphatic rings. The smallest absolute Gasteiger partial charge is 0.119 e. The third kappa shape index (κ3) is 3.22. The molecule has 0 spiro atoms. The molecule has 0 aliphatic carbocycles. The van der Waals surface area contributed by atoms with Gasteiger partial charge in [-0.25, -0.2) is 0 Å². The third-order valence-corrected chi connectivity index (χ3v) is 5.82. The number of fused-ring (bicyclic) bond motifs is 4. The summed E-state index contributed by atoms with van der Waals surface area (Å²) in [5.41, 5.74) is 1.85. The van der Waals surface area contributed by atoms with Gasteiger partial charge in [-0.3, -0.25) is 9.88 Å². The van der Waals surface area contributed by atoms with E-state index in [9.17, 15) is 5.11 Å². The molecule has 3 unspecified atom stereocenters. The molecule has 1 N–H and O–H groups in total. The van der Waals surface area contributed by atoms with E-state index in [1.54, 1.807) is 13.3 Å². The molecule has 1 aromatic carbocycles. The van der Waals surface area contributed by atoms with Gasteiger partial charge in [0.05, 0.1) is 18.7 Å². The first-order valence-corrected chi connectivity index (χ1v) is 8.68. The van der Waals surface area contributed by atoms with Crippen LogP contribution in [0.5, 0.6) is 5.75 Å². The molecule has 1 aromatic heterocycles. The Bertz CT molecular complexity index is 766. The van der Waals surface area contributed by atoms with Crippen LogP contribution in [-0.4, -0.2) is 41.2 Å². The Hall–Kier alpha value is -1.39. The Morgan fingerprint density at radius 1 is 1.40 bits per heavy atom. The SMILES string of the molecule is C=C[C@@H]1CN2CCC1C[C@@H]2C(O)c1ccnc2ccc(OC)cc12.[Cu]. The van der Waals surface area contributed by atoms with E-state index in [4.69, 9.17) is 4.74 Å². The molecule has 25 heavy (non-hydrogen) atoms. The number of methoxy groups -OCH3 is 1. The van der Waals surface area contributed by atoms with Crippen LogP contribution in [0.4, 0.5) is 0 Å². The number of aliphatic hydroxyl groups excluding tert-OH is 1. The predicted octanol–water partition coefficient (Wildman–Crippen LogP) is 3.17. The van der Waals surface area contributed by atoms with Crippen molar-refractivity contribution in [1.82, 2.24) is 9.88 Å². The van der Waals surface area contributed by atoms with Gasteiger partial charge in [-0.15, -0.1) is 6.58 Å². The minimum atomic E-state index is -0.504. The van der Waals surface area contributed by atoms with Gasteiger partial charge in [0.2, 0.25) is 0 Å². The van der Waals surface area contributed by atoms with Crippen LogP contribution < -0.4 is 4.74 Å². The molecule has 5 atom stereocenters. The zero-order chi connectivity index (χ0) is 16.7. The van der Waals surface area contributed by atoms with Crippen molar-refractivity contribution in [3.63, 3.8) is 0 Å². The number of piperidine rings is 3. The standard InChI is InChI=1S/C20H24N2O2.Cu/c1-3-13-12-22-9-7-14(13)10-19(22)20(23)16-6-8-21-18-5-4-15(24-2)11-17(16)18;/h3-6,8,11,13-14,19-20,23H,1,7,9-10,12H2,2H3;/t13-,14?,19-,20?;/m1./s1. The van der Waals surface area contributed by atoms with Gasteiger partial charge >= 0.3 is 0 Å². The van der Waals surface area contributed by atoms with Crippen LogP contribution in [0.15, 0.2) is 43.1 Å². The fourth-order valence-corrected chi connectivity index (χ4v) is 4.44. The molecule has 1 radical (unpaired) electrons. The van der Waals surface area contributed by atoms with Crippen molar-refractivity contribution in [2.75, 3.05) is 20.2 Å². The summed E-state index contributed by atoms with van der Waals surface area (Å²) in [7, 11) is 1.66. The summed E-state index contributed by atoms with van der Waals surface area (Å²) in [4.78, 5) is 6.86. The van der Waals surface area contributed by atoms with Crippen LogP contribution in [0.1, 0.15) is 24.5 Å². The first kappa shape index (κ1) is 18.4. The molecule has 2 aromatic rings. The van der Waals surface area contributed by atoms with E-state index in [0.29, 0.717) is 11.8 Å². The molecule has 3 saturated heterocycles. The summed E-state index contributed by atoms with van der Waals surface area (Å²) in [5.74, 6) is 2.01. The van der Waals surface area contributed by atoms with E-state index in [0.717, 1.165) is 41.7 Å². The van der Waals surface area contributed by atoms with Gasteiger partial charge in [-0.05, 0) is 61.1 Å². The Kier molecular flexibility index (Phi) is 5.49. The first-order valence-electron chi connectivity index (χ1n) is 8.68. The van der Waals surface area contributed by atoms with Gasteiger partial charge in [0.25, 0.3) is 0 Å². The van der Waals surface area contributed by atoms with E-state index < -0.39 is 6.10 Å². The maximum absolute atomic E-state index is 11.2. The molecular formula is C20H24CuN2O2. The number of aliphatic hydroxyl groups is 1. The zero-order valence-corrected chi connectivity index (χ0v) is 15.3. The number of ether oxygens (including phenoxy) is 1. The summed E-state index contributed by atoms with van der Waals surface area (Å²) in [6, 6.07) is 7.96. The van der Waals surface area contributed by atoms with Crippen molar-refractivity contribution < 1.29 is 26.9 Å². The van der Waals surface area contributed by atoms with Crippen LogP contribution in [0, 0.1) is 11.8 Å². The Morgan fingerprint density at radius 2 is 2.24 bits per heavy atom. The van der Waals surface area contributed by atoms with Crippen LogP contribution in [-0.2, 0) is 17.1 Å². The summed E-state index contributed by atoms with van der Waals surface area (Å²) >= 11 is 0. The van der Waals surface area contributed by atoms with Gasteiger partial charge in [0.15, 0.2) is 0 Å². The molecule has 0 amide bonds. The van der Waals surface area contributed by atoms with Gasteiger partial charge in [0, 0.05) is 41.2 Å².